The smallest absolute Gasteiger partial charge is 0.150 e. The second kappa shape index (κ2) is 6.67. The highest BCUT2D eigenvalue weighted by Gasteiger charge is 2.01. The number of hydrogen-bond donors (Lipinski definition) is 0. The molecule has 0 heterocycles. The Kier molecular flexibility index (Phi) is 5.80. The molecule has 0 unspecified atom stereocenters. The fourth-order valence-corrected chi connectivity index (χ4v) is 0.873. The predicted molar refractivity (Wildman–Crippen MR) is 54.4 cm³/mol. The summed E-state index contributed by atoms with van der Waals surface area (Å²) in [4.78, 5) is 10.3. The second-order valence-electron chi connectivity index (χ2n) is 2.19. The van der Waals surface area contributed by atoms with Gasteiger partial charge in [-0.05, 0) is 12.1 Å². The fraction of sp³-hybridized carbons (Fsp3) is 0.273. The van der Waals surface area contributed by atoms with Crippen LogP contribution in [-0.4, -0.2) is 13.4 Å². The number of carbonyl (C=O) groups excluding carboxylic acids is 1. The average molecular weight is 191 g/mol. The number of ether oxygens (including phenoxy) is 1. The van der Waals surface area contributed by atoms with Crippen LogP contribution < -0.4 is 4.74 Å². The number of methoxy groups -OCH3 is 1. The van der Waals surface area contributed by atoms with E-state index in [-0.39, 0.29) is 0 Å². The molecule has 0 aliphatic heterocycles. The van der Waals surface area contributed by atoms with Gasteiger partial charge in [-0.3, -0.25) is 4.79 Å². The van der Waals surface area contributed by atoms with Gasteiger partial charge in [0, 0.05) is 5.56 Å². The first-order valence-corrected chi connectivity index (χ1v) is 4.35. The molecule has 0 fully saturated rings. The Morgan fingerprint density at radius 3 is 2.50 bits per heavy atom. The SMILES string of the molecule is CC.COc1cc(C=O)ccc1C#N. The largest absolute Gasteiger partial charge is 0.495 e. The maximum atomic E-state index is 10.3. The molecule has 1 aromatic rings. The van der Waals surface area contributed by atoms with E-state index in [0.717, 1.165) is 0 Å². The molecule has 0 N–H and O–H groups in total. The van der Waals surface area contributed by atoms with Crippen molar-refractivity contribution in [3.8, 4) is 11.8 Å². The van der Waals surface area contributed by atoms with Gasteiger partial charge in [0.1, 0.15) is 18.1 Å². The normalized spacial score (nSPS) is 7.86. The third-order valence-electron chi connectivity index (χ3n) is 1.48. The van der Waals surface area contributed by atoms with E-state index in [2.05, 4.69) is 0 Å². The maximum absolute atomic E-state index is 10.3. The molecular formula is C11H13NO2. The van der Waals surface area contributed by atoms with E-state index in [1.54, 1.807) is 12.1 Å². The fourth-order valence-electron chi connectivity index (χ4n) is 0.873. The van der Waals surface area contributed by atoms with Gasteiger partial charge in [0.05, 0.1) is 12.7 Å². The summed E-state index contributed by atoms with van der Waals surface area (Å²) in [6.07, 6.45) is 0.712. The van der Waals surface area contributed by atoms with Gasteiger partial charge >= 0.3 is 0 Å². The summed E-state index contributed by atoms with van der Waals surface area (Å²) < 4.78 is 4.90. The molecule has 0 radical (unpaired) electrons. The highest BCUT2D eigenvalue weighted by molar-refractivity contribution is 5.76. The van der Waals surface area contributed by atoms with E-state index in [1.807, 2.05) is 19.9 Å². The van der Waals surface area contributed by atoms with Crippen LogP contribution in [-0.2, 0) is 0 Å². The number of benzene rings is 1. The van der Waals surface area contributed by atoms with Crippen molar-refractivity contribution in [2.45, 2.75) is 13.8 Å². The first-order valence-electron chi connectivity index (χ1n) is 4.35. The van der Waals surface area contributed by atoms with Crippen molar-refractivity contribution in [2.24, 2.45) is 0 Å². The van der Waals surface area contributed by atoms with Gasteiger partial charge in [0.25, 0.3) is 0 Å². The van der Waals surface area contributed by atoms with E-state index < -0.39 is 0 Å². The lowest BCUT2D eigenvalue weighted by Gasteiger charge is -2.01. The van der Waals surface area contributed by atoms with Gasteiger partial charge in [-0.25, -0.2) is 0 Å². The highest BCUT2D eigenvalue weighted by Crippen LogP contribution is 2.17. The first-order chi connectivity index (χ1) is 6.81. The van der Waals surface area contributed by atoms with Crippen LogP contribution in [0.1, 0.15) is 29.8 Å². The molecule has 0 saturated carbocycles. The summed E-state index contributed by atoms with van der Waals surface area (Å²) in [5.74, 6) is 0.433. The molecule has 0 amide bonds. The van der Waals surface area contributed by atoms with Crippen LogP contribution in [0, 0.1) is 11.3 Å². The van der Waals surface area contributed by atoms with Crippen LogP contribution in [0.3, 0.4) is 0 Å². The number of hydrogen-bond acceptors (Lipinski definition) is 3. The summed E-state index contributed by atoms with van der Waals surface area (Å²) in [7, 11) is 1.46. The lowest BCUT2D eigenvalue weighted by molar-refractivity contribution is 0.112. The van der Waals surface area contributed by atoms with Crippen molar-refractivity contribution in [3.63, 3.8) is 0 Å². The Balaban J connectivity index is 0.000000791. The Morgan fingerprint density at radius 2 is 2.07 bits per heavy atom. The third kappa shape index (κ3) is 2.91. The minimum atomic E-state index is 0.433. The van der Waals surface area contributed by atoms with Gasteiger partial charge < -0.3 is 4.74 Å². The third-order valence-corrected chi connectivity index (χ3v) is 1.48. The standard InChI is InChI=1S/C9H7NO2.C2H6/c1-12-9-4-7(6-11)2-3-8(9)5-10;1-2/h2-4,6H,1H3;1-2H3. The maximum Gasteiger partial charge on any atom is 0.150 e. The molecule has 0 aliphatic carbocycles. The van der Waals surface area contributed by atoms with Gasteiger partial charge in [0.15, 0.2) is 0 Å². The topological polar surface area (TPSA) is 50.1 Å². The van der Waals surface area contributed by atoms with E-state index in [1.165, 1.54) is 13.2 Å². The number of rotatable bonds is 2. The highest BCUT2D eigenvalue weighted by atomic mass is 16.5. The zero-order chi connectivity index (χ0) is 11.0. The molecule has 0 spiro atoms. The summed E-state index contributed by atoms with van der Waals surface area (Å²) in [6, 6.07) is 6.63. The van der Waals surface area contributed by atoms with Crippen molar-refractivity contribution in [1.29, 1.82) is 5.26 Å². The van der Waals surface area contributed by atoms with Gasteiger partial charge in [-0.15, -0.1) is 0 Å². The summed E-state index contributed by atoms with van der Waals surface area (Å²) in [5.41, 5.74) is 0.939. The van der Waals surface area contributed by atoms with Crippen molar-refractivity contribution in [3.05, 3.63) is 29.3 Å². The second-order valence-corrected chi connectivity index (χ2v) is 2.19. The van der Waals surface area contributed by atoms with E-state index in [4.69, 9.17) is 10.00 Å². The van der Waals surface area contributed by atoms with Crippen molar-refractivity contribution >= 4 is 6.29 Å². The molecule has 0 atom stereocenters. The van der Waals surface area contributed by atoms with Crippen LogP contribution in [0.2, 0.25) is 0 Å². The van der Waals surface area contributed by atoms with E-state index in [9.17, 15) is 4.79 Å². The minimum Gasteiger partial charge on any atom is -0.495 e. The minimum absolute atomic E-state index is 0.433. The molecule has 0 bridgehead atoms. The first kappa shape index (κ1) is 12.2. The van der Waals surface area contributed by atoms with Gasteiger partial charge in [0.2, 0.25) is 0 Å². The molecule has 0 aliphatic rings. The number of nitrogens with zero attached hydrogens (tertiary/aromatic N) is 1. The average Bonchev–Trinajstić information content (AvgIpc) is 2.30. The van der Waals surface area contributed by atoms with Crippen LogP contribution in [0.15, 0.2) is 18.2 Å². The molecule has 14 heavy (non-hydrogen) atoms. The lowest BCUT2D eigenvalue weighted by atomic mass is 10.1. The zero-order valence-corrected chi connectivity index (χ0v) is 8.57. The predicted octanol–water partition coefficient (Wildman–Crippen LogP) is 2.41. The Hall–Kier alpha value is -1.82. The van der Waals surface area contributed by atoms with Gasteiger partial charge in [-0.2, -0.15) is 5.26 Å². The zero-order valence-electron chi connectivity index (χ0n) is 8.57. The molecule has 0 saturated heterocycles. The summed E-state index contributed by atoms with van der Waals surface area (Å²) >= 11 is 0. The van der Waals surface area contributed by atoms with Crippen molar-refractivity contribution in [2.75, 3.05) is 7.11 Å². The summed E-state index contributed by atoms with van der Waals surface area (Å²) in [5, 5.41) is 8.59. The van der Waals surface area contributed by atoms with E-state index in [0.29, 0.717) is 23.2 Å². The van der Waals surface area contributed by atoms with Crippen LogP contribution in [0.4, 0.5) is 0 Å². The number of carbonyl (C=O) groups is 1. The number of nitriles is 1. The van der Waals surface area contributed by atoms with E-state index >= 15 is 0 Å². The van der Waals surface area contributed by atoms with Crippen LogP contribution in [0.25, 0.3) is 0 Å². The molecule has 3 nitrogen and oxygen atoms in total. The number of aldehydes is 1. The monoisotopic (exact) mass is 191 g/mol. The van der Waals surface area contributed by atoms with Gasteiger partial charge in [-0.1, -0.05) is 19.9 Å². The Labute approximate surface area is 83.9 Å². The van der Waals surface area contributed by atoms with Crippen LogP contribution in [0.5, 0.6) is 5.75 Å². The Bertz CT molecular complexity index is 340. The quantitative estimate of drug-likeness (QED) is 0.674. The molecule has 1 rings (SSSR count). The molecular weight excluding hydrogens is 178 g/mol. The molecule has 0 aromatic heterocycles. The van der Waals surface area contributed by atoms with Crippen LogP contribution >= 0.6 is 0 Å². The summed E-state index contributed by atoms with van der Waals surface area (Å²) in [6.45, 7) is 4.00. The molecule has 74 valence electrons. The molecule has 3 heteroatoms. The lowest BCUT2D eigenvalue weighted by Crippen LogP contribution is -1.89. The van der Waals surface area contributed by atoms with Crippen molar-refractivity contribution < 1.29 is 9.53 Å². The molecule has 1 aromatic carbocycles. The van der Waals surface area contributed by atoms with Crippen molar-refractivity contribution in [1.82, 2.24) is 0 Å². The Morgan fingerprint density at radius 1 is 1.43 bits per heavy atom.